The van der Waals surface area contributed by atoms with E-state index >= 15 is 0 Å². The monoisotopic (exact) mass is 271 g/mol. The van der Waals surface area contributed by atoms with Crippen LogP contribution < -0.4 is 15.2 Å². The van der Waals surface area contributed by atoms with Gasteiger partial charge in [0.1, 0.15) is 0 Å². The van der Waals surface area contributed by atoms with E-state index in [0.717, 1.165) is 28.0 Å². The van der Waals surface area contributed by atoms with Crippen LogP contribution in [-0.4, -0.2) is 12.3 Å². The molecule has 0 saturated carbocycles. The molecule has 0 aromatic heterocycles. The van der Waals surface area contributed by atoms with Gasteiger partial charge in [-0.1, -0.05) is 6.07 Å². The summed E-state index contributed by atoms with van der Waals surface area (Å²) < 4.78 is 11.6. The molecule has 1 aromatic carbocycles. The molecule has 2 rings (SSSR count). The van der Waals surface area contributed by atoms with E-state index in [1.165, 1.54) is 0 Å². The van der Waals surface area contributed by atoms with E-state index in [-0.39, 0.29) is 5.54 Å². The Hall–Kier alpha value is -0.740. The first-order valence-electron chi connectivity index (χ1n) is 4.83. The third-order valence-electron chi connectivity index (χ3n) is 2.20. The molecule has 0 unspecified atom stereocenters. The summed E-state index contributed by atoms with van der Waals surface area (Å²) in [6.07, 6.45) is 0.796. The summed E-state index contributed by atoms with van der Waals surface area (Å²) in [6, 6.07) is 3.94. The highest BCUT2D eigenvalue weighted by Gasteiger charge is 2.21. The second kappa shape index (κ2) is 3.68. The van der Waals surface area contributed by atoms with Gasteiger partial charge in [-0.2, -0.15) is 0 Å². The first kappa shape index (κ1) is 10.8. The Morgan fingerprint density at radius 1 is 1.40 bits per heavy atom. The van der Waals surface area contributed by atoms with Gasteiger partial charge in [0.05, 0.1) is 4.47 Å². The molecule has 1 aliphatic rings. The van der Waals surface area contributed by atoms with E-state index in [1.54, 1.807) is 0 Å². The molecule has 0 radical (unpaired) electrons. The number of halogens is 1. The minimum Gasteiger partial charge on any atom is -0.454 e. The molecule has 82 valence electrons. The van der Waals surface area contributed by atoms with Gasteiger partial charge in [-0.3, -0.25) is 0 Å². The number of ether oxygens (including phenoxy) is 2. The molecule has 1 aromatic rings. The molecule has 3 nitrogen and oxygen atoms in total. The Morgan fingerprint density at radius 2 is 2.13 bits per heavy atom. The van der Waals surface area contributed by atoms with Crippen LogP contribution in [0.3, 0.4) is 0 Å². The van der Waals surface area contributed by atoms with E-state index in [4.69, 9.17) is 15.2 Å². The van der Waals surface area contributed by atoms with E-state index in [2.05, 4.69) is 15.9 Å². The standard InChI is InChI=1S/C11H14BrNO2/c1-11(2,13)5-7-3-4-8-10(9(7)12)15-6-14-8/h3-4H,5-6,13H2,1-2H3. The predicted molar refractivity (Wildman–Crippen MR) is 62.2 cm³/mol. The lowest BCUT2D eigenvalue weighted by atomic mass is 9.96. The summed E-state index contributed by atoms with van der Waals surface area (Å²) in [5.41, 5.74) is 6.91. The lowest BCUT2D eigenvalue weighted by molar-refractivity contribution is 0.173. The van der Waals surface area contributed by atoms with Gasteiger partial charge in [-0.15, -0.1) is 0 Å². The lowest BCUT2D eigenvalue weighted by Crippen LogP contribution is -2.34. The van der Waals surface area contributed by atoms with Crippen molar-refractivity contribution in [2.45, 2.75) is 25.8 Å². The van der Waals surface area contributed by atoms with E-state index in [0.29, 0.717) is 6.79 Å². The van der Waals surface area contributed by atoms with Gasteiger partial charge in [0.15, 0.2) is 11.5 Å². The van der Waals surface area contributed by atoms with Gasteiger partial charge in [-0.25, -0.2) is 0 Å². The van der Waals surface area contributed by atoms with Crippen molar-refractivity contribution in [1.29, 1.82) is 0 Å². The van der Waals surface area contributed by atoms with Crippen molar-refractivity contribution in [2.75, 3.05) is 6.79 Å². The molecule has 0 bridgehead atoms. The molecule has 2 N–H and O–H groups in total. The fourth-order valence-corrected chi connectivity index (χ4v) is 2.19. The van der Waals surface area contributed by atoms with Crippen LogP contribution in [0, 0.1) is 0 Å². The fourth-order valence-electron chi connectivity index (χ4n) is 1.61. The van der Waals surface area contributed by atoms with E-state index in [9.17, 15) is 0 Å². The van der Waals surface area contributed by atoms with Gasteiger partial charge in [-0.05, 0) is 47.8 Å². The van der Waals surface area contributed by atoms with E-state index in [1.807, 2.05) is 26.0 Å². The molecule has 1 heterocycles. The third-order valence-corrected chi connectivity index (χ3v) is 3.07. The maximum atomic E-state index is 5.99. The summed E-state index contributed by atoms with van der Waals surface area (Å²) >= 11 is 3.52. The molecule has 1 aliphatic heterocycles. The molecule has 0 spiro atoms. The second-order valence-corrected chi connectivity index (χ2v) is 5.23. The first-order chi connectivity index (χ1) is 6.97. The molecule has 0 saturated heterocycles. The van der Waals surface area contributed by atoms with Crippen LogP contribution in [-0.2, 0) is 6.42 Å². The molecular weight excluding hydrogens is 258 g/mol. The highest BCUT2D eigenvalue weighted by atomic mass is 79.9. The van der Waals surface area contributed by atoms with Crippen molar-refractivity contribution in [3.63, 3.8) is 0 Å². The number of nitrogens with two attached hydrogens (primary N) is 1. The zero-order chi connectivity index (χ0) is 11.1. The summed E-state index contributed by atoms with van der Waals surface area (Å²) in [7, 11) is 0. The minimum atomic E-state index is -0.226. The fraction of sp³-hybridized carbons (Fsp3) is 0.455. The van der Waals surface area contributed by atoms with Crippen LogP contribution in [0.4, 0.5) is 0 Å². The Kier molecular flexibility index (Phi) is 2.64. The van der Waals surface area contributed by atoms with Gasteiger partial charge in [0.25, 0.3) is 0 Å². The molecular formula is C11H14BrNO2. The zero-order valence-corrected chi connectivity index (χ0v) is 10.4. The second-order valence-electron chi connectivity index (χ2n) is 4.44. The number of benzene rings is 1. The molecule has 0 amide bonds. The normalized spacial score (nSPS) is 14.4. The summed E-state index contributed by atoms with van der Waals surface area (Å²) in [5, 5.41) is 0. The van der Waals surface area contributed by atoms with Crippen LogP contribution in [0.2, 0.25) is 0 Å². The van der Waals surface area contributed by atoms with Crippen LogP contribution in [0.5, 0.6) is 11.5 Å². The first-order valence-corrected chi connectivity index (χ1v) is 5.62. The SMILES string of the molecule is CC(C)(N)Cc1ccc2c(c1Br)OCO2. The van der Waals surface area contributed by atoms with Crippen molar-refractivity contribution >= 4 is 15.9 Å². The van der Waals surface area contributed by atoms with Gasteiger partial charge < -0.3 is 15.2 Å². The molecule has 15 heavy (non-hydrogen) atoms. The highest BCUT2D eigenvalue weighted by molar-refractivity contribution is 9.10. The van der Waals surface area contributed by atoms with E-state index < -0.39 is 0 Å². The third kappa shape index (κ3) is 2.26. The van der Waals surface area contributed by atoms with Crippen molar-refractivity contribution in [1.82, 2.24) is 0 Å². The molecule has 0 atom stereocenters. The average molecular weight is 272 g/mol. The largest absolute Gasteiger partial charge is 0.454 e. The quantitative estimate of drug-likeness (QED) is 0.899. The number of rotatable bonds is 2. The minimum absolute atomic E-state index is 0.226. The van der Waals surface area contributed by atoms with Crippen molar-refractivity contribution in [2.24, 2.45) is 5.73 Å². The lowest BCUT2D eigenvalue weighted by Gasteiger charge is -2.19. The Balaban J connectivity index is 2.34. The number of hydrogen-bond acceptors (Lipinski definition) is 3. The number of hydrogen-bond donors (Lipinski definition) is 1. The highest BCUT2D eigenvalue weighted by Crippen LogP contribution is 2.41. The van der Waals surface area contributed by atoms with Crippen LogP contribution in [0.25, 0.3) is 0 Å². The Labute approximate surface area is 97.7 Å². The zero-order valence-electron chi connectivity index (χ0n) is 8.84. The summed E-state index contributed by atoms with van der Waals surface area (Å²) in [4.78, 5) is 0. The van der Waals surface area contributed by atoms with Crippen molar-refractivity contribution in [3.05, 3.63) is 22.2 Å². The van der Waals surface area contributed by atoms with Crippen LogP contribution in [0.1, 0.15) is 19.4 Å². The molecule has 4 heteroatoms. The number of fused-ring (bicyclic) bond motifs is 1. The Bertz CT molecular complexity index is 385. The van der Waals surface area contributed by atoms with Crippen LogP contribution in [0.15, 0.2) is 16.6 Å². The molecule has 0 aliphatic carbocycles. The Morgan fingerprint density at radius 3 is 2.80 bits per heavy atom. The maximum absolute atomic E-state index is 5.99. The van der Waals surface area contributed by atoms with Crippen LogP contribution >= 0.6 is 15.9 Å². The molecule has 0 fully saturated rings. The topological polar surface area (TPSA) is 44.5 Å². The van der Waals surface area contributed by atoms with Crippen molar-refractivity contribution in [3.8, 4) is 11.5 Å². The van der Waals surface area contributed by atoms with Gasteiger partial charge in [0, 0.05) is 5.54 Å². The van der Waals surface area contributed by atoms with Crippen molar-refractivity contribution < 1.29 is 9.47 Å². The maximum Gasteiger partial charge on any atom is 0.231 e. The van der Waals surface area contributed by atoms with Gasteiger partial charge in [0.2, 0.25) is 6.79 Å². The average Bonchev–Trinajstić information content (AvgIpc) is 2.56. The van der Waals surface area contributed by atoms with Gasteiger partial charge >= 0.3 is 0 Å². The predicted octanol–water partition coefficient (Wildman–Crippen LogP) is 2.46. The summed E-state index contributed by atoms with van der Waals surface area (Å²) in [5.74, 6) is 1.58. The summed E-state index contributed by atoms with van der Waals surface area (Å²) in [6.45, 7) is 4.30. The smallest absolute Gasteiger partial charge is 0.231 e.